The summed E-state index contributed by atoms with van der Waals surface area (Å²) in [6.45, 7) is -0.445. The Balaban J connectivity index is 1.82. The van der Waals surface area contributed by atoms with Crippen LogP contribution in [0.1, 0.15) is 6.23 Å². The largest absolute Gasteiger partial charge is 0.394 e. The molecule has 0 aromatic carbocycles. The molecule has 4 rings (SSSR count). The molecule has 0 amide bonds. The van der Waals surface area contributed by atoms with E-state index in [1.165, 1.54) is 4.68 Å². The lowest BCUT2D eigenvalue weighted by Crippen LogP contribution is -2.33. The van der Waals surface area contributed by atoms with Crippen LogP contribution in [0.2, 0.25) is 0 Å². The molecule has 4 heterocycles. The lowest BCUT2D eigenvalue weighted by molar-refractivity contribution is -0.0574. The second kappa shape index (κ2) is 5.97. The number of rotatable bonds is 3. The molecule has 1 aliphatic heterocycles. The van der Waals surface area contributed by atoms with Crippen LogP contribution in [-0.2, 0) is 4.74 Å². The highest BCUT2D eigenvalue weighted by Crippen LogP contribution is 2.31. The number of ether oxygens (including phenoxy) is 1. The van der Waals surface area contributed by atoms with Gasteiger partial charge in [-0.3, -0.25) is 4.98 Å². The summed E-state index contributed by atoms with van der Waals surface area (Å²) in [5.74, 6) is 0.426. The van der Waals surface area contributed by atoms with E-state index in [0.717, 1.165) is 0 Å². The number of aromatic nitrogens is 6. The summed E-state index contributed by atoms with van der Waals surface area (Å²) in [6.07, 6.45) is -1.35. The summed E-state index contributed by atoms with van der Waals surface area (Å²) >= 11 is 0. The Morgan fingerprint density at radius 2 is 2.08 bits per heavy atom. The highest BCUT2D eigenvalue weighted by Gasteiger charge is 2.44. The maximum absolute atomic E-state index is 10.2. The van der Waals surface area contributed by atoms with E-state index in [-0.39, 0.29) is 17.0 Å². The Morgan fingerprint density at radius 3 is 2.76 bits per heavy atom. The minimum Gasteiger partial charge on any atom is -0.394 e. The van der Waals surface area contributed by atoms with Crippen LogP contribution < -0.4 is 5.73 Å². The van der Waals surface area contributed by atoms with Gasteiger partial charge >= 0.3 is 0 Å². The Bertz CT molecular complexity index is 903. The number of nitrogen functional groups attached to an aromatic ring is 1. The number of aliphatic hydroxyl groups is 3. The number of hydrogen-bond acceptors (Lipinski definition) is 10. The van der Waals surface area contributed by atoms with E-state index in [9.17, 15) is 15.3 Å². The summed E-state index contributed by atoms with van der Waals surface area (Å²) in [5.41, 5.74) is 7.06. The van der Waals surface area contributed by atoms with Gasteiger partial charge in [-0.05, 0) is 12.1 Å². The molecule has 1 fully saturated rings. The third kappa shape index (κ3) is 2.49. The van der Waals surface area contributed by atoms with Crippen molar-refractivity contribution >= 4 is 17.0 Å². The van der Waals surface area contributed by atoms with Crippen molar-refractivity contribution < 1.29 is 20.1 Å². The van der Waals surface area contributed by atoms with Crippen molar-refractivity contribution in [2.45, 2.75) is 24.5 Å². The number of hydrogen-bond donors (Lipinski definition) is 4. The fraction of sp³-hybridized carbons (Fsp3) is 0.357. The Labute approximate surface area is 140 Å². The maximum atomic E-state index is 10.2. The average molecular weight is 345 g/mol. The number of nitrogens with two attached hydrogens (primary N) is 1. The van der Waals surface area contributed by atoms with Crippen molar-refractivity contribution in [3.8, 4) is 11.4 Å². The first kappa shape index (κ1) is 15.8. The highest BCUT2D eigenvalue weighted by molar-refractivity contribution is 5.83. The third-order valence-electron chi connectivity index (χ3n) is 4.03. The van der Waals surface area contributed by atoms with Gasteiger partial charge in [-0.25, -0.2) is 9.97 Å². The maximum Gasteiger partial charge on any atom is 0.187 e. The predicted octanol–water partition coefficient (Wildman–Crippen LogP) is -1.52. The number of aliphatic hydroxyl groups excluding tert-OH is 3. The normalized spacial score (nSPS) is 26.4. The molecule has 11 heteroatoms. The molecule has 3 aromatic heterocycles. The van der Waals surface area contributed by atoms with Crippen molar-refractivity contribution in [1.29, 1.82) is 0 Å². The van der Waals surface area contributed by atoms with Crippen molar-refractivity contribution in [3.05, 3.63) is 24.5 Å². The van der Waals surface area contributed by atoms with Gasteiger partial charge < -0.3 is 25.8 Å². The minimum atomic E-state index is -1.31. The zero-order valence-corrected chi connectivity index (χ0v) is 12.8. The van der Waals surface area contributed by atoms with Gasteiger partial charge in [0, 0.05) is 18.0 Å². The van der Waals surface area contributed by atoms with Gasteiger partial charge in [0.25, 0.3) is 0 Å². The molecule has 11 nitrogen and oxygen atoms in total. The van der Waals surface area contributed by atoms with E-state index in [1.54, 1.807) is 24.5 Å². The molecular formula is C14H15N7O4. The van der Waals surface area contributed by atoms with Crippen LogP contribution in [0.15, 0.2) is 24.5 Å². The van der Waals surface area contributed by atoms with Gasteiger partial charge in [0.1, 0.15) is 18.3 Å². The molecular weight excluding hydrogens is 330 g/mol. The Morgan fingerprint density at radius 1 is 1.24 bits per heavy atom. The first-order valence-electron chi connectivity index (χ1n) is 7.51. The van der Waals surface area contributed by atoms with Crippen LogP contribution in [0.4, 0.5) is 5.82 Å². The van der Waals surface area contributed by atoms with E-state index < -0.39 is 31.1 Å². The lowest BCUT2D eigenvalue weighted by Gasteiger charge is -2.14. The molecule has 5 N–H and O–H groups in total. The molecule has 0 radical (unpaired) electrons. The van der Waals surface area contributed by atoms with Crippen LogP contribution in [-0.4, -0.2) is 70.2 Å². The minimum absolute atomic E-state index is 0.113. The molecule has 0 spiro atoms. The number of pyridine rings is 1. The molecule has 25 heavy (non-hydrogen) atoms. The summed E-state index contributed by atoms with van der Waals surface area (Å²) in [5, 5.41) is 37.2. The average Bonchev–Trinajstić information content (AvgIpc) is 3.18. The van der Waals surface area contributed by atoms with E-state index in [1.807, 2.05) is 0 Å². The van der Waals surface area contributed by atoms with Gasteiger partial charge in [-0.2, -0.15) is 4.68 Å². The molecule has 3 aromatic rings. The van der Waals surface area contributed by atoms with Gasteiger partial charge in [-0.1, -0.05) is 5.21 Å². The topological polar surface area (TPSA) is 165 Å². The molecule has 1 aliphatic rings. The molecule has 130 valence electrons. The zero-order chi connectivity index (χ0) is 17.6. The molecule has 0 saturated carbocycles. The van der Waals surface area contributed by atoms with E-state index in [2.05, 4.69) is 25.3 Å². The number of anilines is 1. The van der Waals surface area contributed by atoms with Crippen molar-refractivity contribution in [2.24, 2.45) is 0 Å². The van der Waals surface area contributed by atoms with E-state index >= 15 is 0 Å². The van der Waals surface area contributed by atoms with Gasteiger partial charge in [0.05, 0.1) is 6.61 Å². The first-order valence-corrected chi connectivity index (χ1v) is 7.51. The quantitative estimate of drug-likeness (QED) is 0.438. The zero-order valence-electron chi connectivity index (χ0n) is 12.8. The van der Waals surface area contributed by atoms with Crippen molar-refractivity contribution in [2.75, 3.05) is 12.3 Å². The van der Waals surface area contributed by atoms with E-state index in [4.69, 9.17) is 10.5 Å². The second-order valence-corrected chi connectivity index (χ2v) is 5.61. The SMILES string of the molecule is Nc1nc(-c2cccnc2)nc2c1nnn2[C@@H]1O[C@H](CO)[C@@H](O)[C@H]1O. The Hall–Kier alpha value is -2.73. The highest BCUT2D eigenvalue weighted by atomic mass is 16.6. The molecule has 1 saturated heterocycles. The van der Waals surface area contributed by atoms with Crippen LogP contribution in [0.25, 0.3) is 22.6 Å². The van der Waals surface area contributed by atoms with Crippen molar-refractivity contribution in [1.82, 2.24) is 29.9 Å². The van der Waals surface area contributed by atoms with Crippen LogP contribution in [0, 0.1) is 0 Å². The standard InChI is InChI=1S/C14H15N7O4/c15-11-8-13(18-12(17-11)6-2-1-3-16-4-6)21(20-19-8)14-10(24)9(23)7(5-22)25-14/h1-4,7,9-10,14,22-24H,5H2,(H2,15,17,18)/t7-,9-,10-,14-/m1/s1. The Kier molecular flexibility index (Phi) is 3.77. The predicted molar refractivity (Wildman–Crippen MR) is 83.8 cm³/mol. The third-order valence-corrected chi connectivity index (χ3v) is 4.03. The van der Waals surface area contributed by atoms with Crippen LogP contribution in [0.3, 0.4) is 0 Å². The first-order chi connectivity index (χ1) is 12.1. The number of fused-ring (bicyclic) bond motifs is 1. The van der Waals surface area contributed by atoms with Gasteiger partial charge in [0.2, 0.25) is 0 Å². The summed E-state index contributed by atoms with van der Waals surface area (Å²) in [4.78, 5) is 12.6. The fourth-order valence-electron chi connectivity index (χ4n) is 2.73. The smallest absolute Gasteiger partial charge is 0.187 e. The number of nitrogens with zero attached hydrogens (tertiary/aromatic N) is 6. The summed E-state index contributed by atoms with van der Waals surface area (Å²) in [6, 6.07) is 3.51. The molecule has 0 bridgehead atoms. The van der Waals surface area contributed by atoms with Gasteiger partial charge in [0.15, 0.2) is 29.0 Å². The lowest BCUT2D eigenvalue weighted by atomic mass is 10.1. The second-order valence-electron chi connectivity index (χ2n) is 5.61. The van der Waals surface area contributed by atoms with Crippen LogP contribution >= 0.6 is 0 Å². The molecule has 4 atom stereocenters. The summed E-state index contributed by atoms with van der Waals surface area (Å²) < 4.78 is 6.69. The fourth-order valence-corrected chi connectivity index (χ4v) is 2.73. The van der Waals surface area contributed by atoms with Crippen LogP contribution in [0.5, 0.6) is 0 Å². The van der Waals surface area contributed by atoms with Crippen molar-refractivity contribution in [3.63, 3.8) is 0 Å². The molecule has 0 unspecified atom stereocenters. The molecule has 0 aliphatic carbocycles. The van der Waals surface area contributed by atoms with Gasteiger partial charge in [-0.15, -0.1) is 5.10 Å². The monoisotopic (exact) mass is 345 g/mol. The summed E-state index contributed by atoms with van der Waals surface area (Å²) in [7, 11) is 0. The van der Waals surface area contributed by atoms with E-state index in [0.29, 0.717) is 11.4 Å².